The molecule has 0 spiro atoms. The molecule has 2 aromatic rings. The first-order valence-corrected chi connectivity index (χ1v) is 9.85. The van der Waals surface area contributed by atoms with Crippen LogP contribution in [0.3, 0.4) is 0 Å². The second kappa shape index (κ2) is 11.5. The number of carboxylic acid groups (broad SMARTS) is 1. The molecule has 2 aromatic carbocycles. The molecule has 3 amide bonds. The van der Waals surface area contributed by atoms with Gasteiger partial charge in [-0.25, -0.2) is 4.79 Å². The maximum atomic E-state index is 12.7. The van der Waals surface area contributed by atoms with Crippen molar-refractivity contribution < 1.29 is 29.4 Å². The molecule has 0 unspecified atom stereocenters. The third-order valence-corrected chi connectivity index (χ3v) is 4.66. The van der Waals surface area contributed by atoms with Gasteiger partial charge in [0.25, 0.3) is 0 Å². The summed E-state index contributed by atoms with van der Waals surface area (Å²) >= 11 is 0. The van der Waals surface area contributed by atoms with Crippen LogP contribution in [0.25, 0.3) is 0 Å². The third kappa shape index (κ3) is 7.73. The zero-order chi connectivity index (χ0) is 23.7. The second-order valence-corrected chi connectivity index (χ2v) is 7.30. The van der Waals surface area contributed by atoms with Crippen LogP contribution in [-0.4, -0.2) is 52.0 Å². The van der Waals surface area contributed by atoms with E-state index in [2.05, 4.69) is 10.6 Å². The van der Waals surface area contributed by atoms with Gasteiger partial charge < -0.3 is 32.3 Å². The Morgan fingerprint density at radius 1 is 0.812 bits per heavy atom. The normalized spacial score (nSPS) is 13.4. The molecule has 0 bridgehead atoms. The molecular weight excluding hydrogens is 416 g/mol. The highest BCUT2D eigenvalue weighted by molar-refractivity contribution is 5.94. The number of carbonyl (C=O) groups excluding carboxylic acids is 3. The Kier molecular flexibility index (Phi) is 8.72. The van der Waals surface area contributed by atoms with Crippen molar-refractivity contribution in [2.24, 2.45) is 11.5 Å². The summed E-state index contributed by atoms with van der Waals surface area (Å²) < 4.78 is 0. The van der Waals surface area contributed by atoms with E-state index >= 15 is 0 Å². The number of carbonyl (C=O) groups is 4. The lowest BCUT2D eigenvalue weighted by molar-refractivity contribution is -0.142. The van der Waals surface area contributed by atoms with Gasteiger partial charge in [-0.15, -0.1) is 0 Å². The lowest BCUT2D eigenvalue weighted by Gasteiger charge is -2.22. The Labute approximate surface area is 184 Å². The van der Waals surface area contributed by atoms with Crippen molar-refractivity contribution in [3.8, 4) is 5.75 Å². The van der Waals surface area contributed by atoms with Crippen LogP contribution in [-0.2, 0) is 32.0 Å². The summed E-state index contributed by atoms with van der Waals surface area (Å²) in [6, 6.07) is 11.0. The van der Waals surface area contributed by atoms with Crippen molar-refractivity contribution in [3.05, 3.63) is 65.7 Å². The number of benzene rings is 2. The highest BCUT2D eigenvalue weighted by Gasteiger charge is 2.29. The Morgan fingerprint density at radius 3 is 1.94 bits per heavy atom. The van der Waals surface area contributed by atoms with E-state index in [4.69, 9.17) is 11.5 Å². The minimum Gasteiger partial charge on any atom is -0.508 e. The fraction of sp³-hybridized carbons (Fsp3) is 0.273. The summed E-state index contributed by atoms with van der Waals surface area (Å²) in [5.74, 6) is -3.64. The van der Waals surface area contributed by atoms with Gasteiger partial charge in [0, 0.05) is 6.42 Å². The fourth-order valence-corrected chi connectivity index (χ4v) is 2.99. The molecule has 0 aliphatic rings. The molecule has 2 rings (SSSR count). The van der Waals surface area contributed by atoms with Gasteiger partial charge in [0.05, 0.1) is 12.5 Å². The second-order valence-electron chi connectivity index (χ2n) is 7.30. The highest BCUT2D eigenvalue weighted by atomic mass is 16.4. The number of hydrogen-bond acceptors (Lipinski definition) is 6. The molecule has 0 aliphatic carbocycles. The molecule has 0 aliphatic heterocycles. The van der Waals surface area contributed by atoms with Crippen LogP contribution >= 0.6 is 0 Å². The van der Waals surface area contributed by atoms with Crippen LogP contribution in [0, 0.1) is 0 Å². The largest absolute Gasteiger partial charge is 0.508 e. The average molecular weight is 442 g/mol. The Hall–Kier alpha value is -3.92. The molecule has 170 valence electrons. The summed E-state index contributed by atoms with van der Waals surface area (Å²) in [6.45, 7) is 0. The average Bonchev–Trinajstić information content (AvgIpc) is 2.74. The van der Waals surface area contributed by atoms with Crippen molar-refractivity contribution in [1.82, 2.24) is 10.6 Å². The number of amides is 3. The number of rotatable bonds is 11. The van der Waals surface area contributed by atoms with Crippen molar-refractivity contribution in [3.63, 3.8) is 0 Å². The van der Waals surface area contributed by atoms with Crippen molar-refractivity contribution in [1.29, 1.82) is 0 Å². The first kappa shape index (κ1) is 24.4. The first-order valence-electron chi connectivity index (χ1n) is 9.85. The number of nitrogens with two attached hydrogens (primary N) is 2. The van der Waals surface area contributed by atoms with Gasteiger partial charge in [-0.2, -0.15) is 0 Å². The predicted octanol–water partition coefficient (Wildman–Crippen LogP) is -0.566. The summed E-state index contributed by atoms with van der Waals surface area (Å²) in [5, 5.41) is 23.5. The van der Waals surface area contributed by atoms with E-state index in [1.165, 1.54) is 12.1 Å². The molecule has 0 saturated heterocycles. The number of aromatic hydroxyl groups is 1. The molecule has 10 nitrogen and oxygen atoms in total. The Balaban J connectivity index is 2.05. The van der Waals surface area contributed by atoms with Gasteiger partial charge in [0.2, 0.25) is 17.7 Å². The van der Waals surface area contributed by atoms with Crippen LogP contribution in [0.1, 0.15) is 17.5 Å². The van der Waals surface area contributed by atoms with Gasteiger partial charge in [0.15, 0.2) is 0 Å². The van der Waals surface area contributed by atoms with Crippen molar-refractivity contribution in [2.45, 2.75) is 37.4 Å². The molecule has 10 heteroatoms. The summed E-state index contributed by atoms with van der Waals surface area (Å²) in [7, 11) is 0. The Bertz CT molecular complexity index is 949. The number of primary amides is 1. The standard InChI is InChI=1S/C22H26N4O6/c23-16(10-14-6-8-15(27)9-7-14)20(29)25-17(12-19(24)28)21(30)26-18(22(31)32)11-13-4-2-1-3-5-13/h1-9,16-18,27H,10-12,23H2,(H2,24,28)(H,25,29)(H,26,30)(H,31,32)/t16-,17-,18+/m1/s1. The number of carboxylic acids is 1. The maximum absolute atomic E-state index is 12.7. The molecule has 0 radical (unpaired) electrons. The van der Waals surface area contributed by atoms with E-state index in [0.29, 0.717) is 11.1 Å². The molecule has 0 saturated carbocycles. The number of hydrogen-bond donors (Lipinski definition) is 6. The maximum Gasteiger partial charge on any atom is 0.326 e. The molecule has 0 aromatic heterocycles. The number of nitrogens with one attached hydrogen (secondary N) is 2. The number of phenolic OH excluding ortho intramolecular Hbond substituents is 1. The molecule has 3 atom stereocenters. The van der Waals surface area contributed by atoms with Crippen LogP contribution in [0.2, 0.25) is 0 Å². The van der Waals surface area contributed by atoms with Gasteiger partial charge >= 0.3 is 5.97 Å². The van der Waals surface area contributed by atoms with Gasteiger partial charge in [-0.1, -0.05) is 42.5 Å². The SMILES string of the molecule is NC(=O)C[C@@H](NC(=O)[C@H](N)Cc1ccc(O)cc1)C(=O)N[C@@H](Cc1ccccc1)C(=O)O. The molecule has 0 heterocycles. The zero-order valence-corrected chi connectivity index (χ0v) is 17.2. The summed E-state index contributed by atoms with van der Waals surface area (Å²) in [4.78, 5) is 48.2. The third-order valence-electron chi connectivity index (χ3n) is 4.66. The van der Waals surface area contributed by atoms with Crippen molar-refractivity contribution >= 4 is 23.7 Å². The molecular formula is C22H26N4O6. The minimum absolute atomic E-state index is 0.0134. The van der Waals surface area contributed by atoms with E-state index in [1.54, 1.807) is 42.5 Å². The molecule has 0 fully saturated rings. The van der Waals surface area contributed by atoms with E-state index in [1.807, 2.05) is 0 Å². The van der Waals surface area contributed by atoms with E-state index in [0.717, 1.165) is 0 Å². The van der Waals surface area contributed by atoms with Gasteiger partial charge in [-0.05, 0) is 29.7 Å². The smallest absolute Gasteiger partial charge is 0.326 e. The first-order chi connectivity index (χ1) is 15.2. The van der Waals surface area contributed by atoms with E-state index in [-0.39, 0.29) is 18.6 Å². The topological polar surface area (TPSA) is 185 Å². The summed E-state index contributed by atoms with van der Waals surface area (Å²) in [6.07, 6.45) is -0.399. The predicted molar refractivity (Wildman–Crippen MR) is 115 cm³/mol. The van der Waals surface area contributed by atoms with E-state index in [9.17, 15) is 29.4 Å². The summed E-state index contributed by atoms with van der Waals surface area (Å²) in [5.41, 5.74) is 12.5. The van der Waals surface area contributed by atoms with Crippen molar-refractivity contribution in [2.75, 3.05) is 0 Å². The Morgan fingerprint density at radius 2 is 1.38 bits per heavy atom. The lowest BCUT2D eigenvalue weighted by Crippen LogP contribution is -2.56. The van der Waals surface area contributed by atoms with Crippen LogP contribution in [0.4, 0.5) is 0 Å². The monoisotopic (exact) mass is 442 g/mol. The quantitative estimate of drug-likeness (QED) is 0.269. The van der Waals surface area contributed by atoms with Gasteiger partial charge in [-0.3, -0.25) is 14.4 Å². The molecule has 32 heavy (non-hydrogen) atoms. The number of aliphatic carboxylic acids is 1. The van der Waals surface area contributed by atoms with Crippen LogP contribution < -0.4 is 22.1 Å². The van der Waals surface area contributed by atoms with Crippen LogP contribution in [0.15, 0.2) is 54.6 Å². The minimum atomic E-state index is -1.39. The van der Waals surface area contributed by atoms with Gasteiger partial charge in [0.1, 0.15) is 17.8 Å². The zero-order valence-electron chi connectivity index (χ0n) is 17.2. The molecule has 8 N–H and O–H groups in total. The fourth-order valence-electron chi connectivity index (χ4n) is 2.99. The number of phenols is 1. The lowest BCUT2D eigenvalue weighted by atomic mass is 10.0. The van der Waals surface area contributed by atoms with Crippen LogP contribution in [0.5, 0.6) is 5.75 Å². The highest BCUT2D eigenvalue weighted by Crippen LogP contribution is 2.11. The van der Waals surface area contributed by atoms with E-state index < -0.39 is 48.2 Å².